The van der Waals surface area contributed by atoms with E-state index in [4.69, 9.17) is 0 Å². The van der Waals surface area contributed by atoms with Crippen LogP contribution in [0.4, 0.5) is 13.2 Å². The van der Waals surface area contributed by atoms with Gasteiger partial charge in [0.2, 0.25) is 0 Å². The van der Waals surface area contributed by atoms with Gasteiger partial charge in [0.25, 0.3) is 0 Å². The topological polar surface area (TPSA) is 26.0 Å². The van der Waals surface area contributed by atoms with Gasteiger partial charge in [0.1, 0.15) is 0 Å². The number of rotatable bonds is 3. The van der Waals surface area contributed by atoms with E-state index in [0.29, 0.717) is 0 Å². The van der Waals surface area contributed by atoms with Crippen LogP contribution in [0.25, 0.3) is 0 Å². The Kier molecular flexibility index (Phi) is 5.90. The van der Waals surface area contributed by atoms with Gasteiger partial charge < -0.3 is 5.73 Å². The SMILES string of the molecule is Cl.NCC(F)(F)F.c1ccc(CC2(C3CC3)CC2)cc1. The summed E-state index contributed by atoms with van der Waals surface area (Å²) >= 11 is 0. The predicted octanol–water partition coefficient (Wildman–Crippen LogP) is 4.35. The first kappa shape index (κ1) is 17.3. The highest BCUT2D eigenvalue weighted by Crippen LogP contribution is 2.62. The summed E-state index contributed by atoms with van der Waals surface area (Å²) < 4.78 is 32.0. The maximum atomic E-state index is 10.7. The Labute approximate surface area is 124 Å². The van der Waals surface area contributed by atoms with Crippen molar-refractivity contribution in [2.45, 2.75) is 38.3 Å². The normalized spacial score (nSPS) is 19.4. The maximum absolute atomic E-state index is 10.7. The average Bonchev–Trinajstić information content (AvgIpc) is 3.24. The molecule has 0 bridgehead atoms. The zero-order valence-electron chi connectivity index (χ0n) is 11.3. The molecule has 0 atom stereocenters. The molecule has 2 saturated carbocycles. The van der Waals surface area contributed by atoms with E-state index in [9.17, 15) is 13.2 Å². The average molecular weight is 308 g/mol. The van der Waals surface area contributed by atoms with E-state index in [0.717, 1.165) is 11.3 Å². The Morgan fingerprint density at radius 2 is 1.60 bits per heavy atom. The van der Waals surface area contributed by atoms with Crippen LogP contribution in [0.15, 0.2) is 30.3 Å². The Hall–Kier alpha value is -0.740. The summed E-state index contributed by atoms with van der Waals surface area (Å²) in [6.07, 6.45) is 3.16. The zero-order valence-corrected chi connectivity index (χ0v) is 12.1. The summed E-state index contributed by atoms with van der Waals surface area (Å²) in [6.45, 7) is -1.23. The zero-order chi connectivity index (χ0) is 13.9. The number of benzene rings is 1. The van der Waals surface area contributed by atoms with Gasteiger partial charge in [-0.15, -0.1) is 12.4 Å². The van der Waals surface area contributed by atoms with Crippen molar-refractivity contribution in [2.24, 2.45) is 17.1 Å². The van der Waals surface area contributed by atoms with E-state index in [1.807, 2.05) is 0 Å². The van der Waals surface area contributed by atoms with Crippen LogP contribution < -0.4 is 5.73 Å². The summed E-state index contributed by atoms with van der Waals surface area (Å²) in [7, 11) is 0. The second-order valence-electron chi connectivity index (χ2n) is 5.62. The predicted molar refractivity (Wildman–Crippen MR) is 76.9 cm³/mol. The third-order valence-corrected chi connectivity index (χ3v) is 3.97. The fourth-order valence-corrected chi connectivity index (χ4v) is 2.59. The molecule has 0 aromatic heterocycles. The lowest BCUT2D eigenvalue weighted by molar-refractivity contribution is -0.118. The number of alkyl halides is 3. The number of halogens is 4. The molecule has 0 radical (unpaired) electrons. The Balaban J connectivity index is 0.000000250. The van der Waals surface area contributed by atoms with Crippen LogP contribution in [-0.4, -0.2) is 12.7 Å². The highest BCUT2D eigenvalue weighted by molar-refractivity contribution is 5.85. The van der Waals surface area contributed by atoms with Crippen molar-refractivity contribution >= 4 is 12.4 Å². The first-order valence-corrected chi connectivity index (χ1v) is 6.76. The minimum Gasteiger partial charge on any atom is -0.323 e. The largest absolute Gasteiger partial charge is 0.400 e. The van der Waals surface area contributed by atoms with Gasteiger partial charge >= 0.3 is 6.18 Å². The van der Waals surface area contributed by atoms with E-state index in [1.54, 1.807) is 5.56 Å². The molecule has 1 nitrogen and oxygen atoms in total. The molecule has 0 amide bonds. The van der Waals surface area contributed by atoms with Crippen LogP contribution in [0, 0.1) is 11.3 Å². The Morgan fingerprint density at radius 1 is 1.10 bits per heavy atom. The molecule has 0 aliphatic heterocycles. The Bertz CT molecular complexity index is 397. The van der Waals surface area contributed by atoms with Crippen LogP contribution in [-0.2, 0) is 6.42 Å². The lowest BCUT2D eigenvalue weighted by Gasteiger charge is -2.13. The van der Waals surface area contributed by atoms with Gasteiger partial charge in [-0.25, -0.2) is 0 Å². The van der Waals surface area contributed by atoms with Crippen LogP contribution in [0.5, 0.6) is 0 Å². The van der Waals surface area contributed by atoms with Gasteiger partial charge in [0.05, 0.1) is 6.54 Å². The molecular weight excluding hydrogens is 287 g/mol. The van der Waals surface area contributed by atoms with Gasteiger partial charge in [-0.3, -0.25) is 0 Å². The standard InChI is InChI=1S/C13H16.C2H4F3N.ClH/c1-2-4-11(5-3-1)10-13(8-9-13)12-6-7-12;3-2(4,5)1-6;/h1-5,12H,6-10H2;1,6H2;1H. The molecule has 114 valence electrons. The van der Waals surface area contributed by atoms with Crippen molar-refractivity contribution < 1.29 is 13.2 Å². The fourth-order valence-electron chi connectivity index (χ4n) is 2.59. The molecule has 5 heteroatoms. The van der Waals surface area contributed by atoms with Crippen LogP contribution >= 0.6 is 12.4 Å². The highest BCUT2D eigenvalue weighted by Gasteiger charge is 2.53. The molecule has 0 spiro atoms. The van der Waals surface area contributed by atoms with E-state index in [-0.39, 0.29) is 12.4 Å². The van der Waals surface area contributed by atoms with Crippen molar-refractivity contribution in [3.8, 4) is 0 Å². The van der Waals surface area contributed by atoms with Gasteiger partial charge in [-0.05, 0) is 49.0 Å². The molecule has 1 aromatic rings. The van der Waals surface area contributed by atoms with Crippen molar-refractivity contribution in [1.29, 1.82) is 0 Å². The molecule has 1 aromatic carbocycles. The smallest absolute Gasteiger partial charge is 0.323 e. The van der Waals surface area contributed by atoms with Crippen molar-refractivity contribution in [3.05, 3.63) is 35.9 Å². The van der Waals surface area contributed by atoms with Crippen molar-refractivity contribution in [3.63, 3.8) is 0 Å². The van der Waals surface area contributed by atoms with Crippen LogP contribution in [0.2, 0.25) is 0 Å². The molecule has 20 heavy (non-hydrogen) atoms. The number of hydrogen-bond acceptors (Lipinski definition) is 1. The minimum absolute atomic E-state index is 0. The quantitative estimate of drug-likeness (QED) is 0.883. The molecule has 0 heterocycles. The van der Waals surface area contributed by atoms with Gasteiger partial charge in [-0.1, -0.05) is 30.3 Å². The summed E-state index contributed by atoms with van der Waals surface area (Å²) in [4.78, 5) is 0. The first-order chi connectivity index (χ1) is 8.95. The third-order valence-electron chi connectivity index (χ3n) is 3.97. The lowest BCUT2D eigenvalue weighted by atomic mass is 9.92. The van der Waals surface area contributed by atoms with E-state index >= 15 is 0 Å². The third kappa shape index (κ3) is 5.33. The second kappa shape index (κ2) is 6.81. The molecule has 2 fully saturated rings. The highest BCUT2D eigenvalue weighted by atomic mass is 35.5. The molecule has 2 N–H and O–H groups in total. The first-order valence-electron chi connectivity index (χ1n) is 6.76. The van der Waals surface area contributed by atoms with Crippen molar-refractivity contribution in [2.75, 3.05) is 6.54 Å². The van der Waals surface area contributed by atoms with Crippen LogP contribution in [0.1, 0.15) is 31.2 Å². The van der Waals surface area contributed by atoms with Gasteiger partial charge in [-0.2, -0.15) is 13.2 Å². The van der Waals surface area contributed by atoms with Crippen LogP contribution in [0.3, 0.4) is 0 Å². The molecule has 2 aliphatic rings. The van der Waals surface area contributed by atoms with Crippen molar-refractivity contribution in [1.82, 2.24) is 0 Å². The monoisotopic (exact) mass is 307 g/mol. The number of hydrogen-bond donors (Lipinski definition) is 1. The van der Waals surface area contributed by atoms with E-state index < -0.39 is 12.7 Å². The molecular formula is C15H21ClF3N. The second-order valence-corrected chi connectivity index (χ2v) is 5.62. The fraction of sp³-hybridized carbons (Fsp3) is 0.600. The number of nitrogens with two attached hydrogens (primary N) is 1. The molecule has 0 unspecified atom stereocenters. The van der Waals surface area contributed by atoms with E-state index in [2.05, 4.69) is 36.1 Å². The molecule has 0 saturated heterocycles. The summed E-state index contributed by atoms with van der Waals surface area (Å²) in [5.74, 6) is 1.09. The van der Waals surface area contributed by atoms with E-state index in [1.165, 1.54) is 32.1 Å². The minimum atomic E-state index is -4.18. The summed E-state index contributed by atoms with van der Waals surface area (Å²) in [5.41, 5.74) is 6.49. The maximum Gasteiger partial charge on any atom is 0.400 e. The Morgan fingerprint density at radius 3 is 1.95 bits per heavy atom. The molecule has 2 aliphatic carbocycles. The van der Waals surface area contributed by atoms with Gasteiger partial charge in [0.15, 0.2) is 0 Å². The molecule has 3 rings (SSSR count). The summed E-state index contributed by atoms with van der Waals surface area (Å²) in [6, 6.07) is 11.0. The summed E-state index contributed by atoms with van der Waals surface area (Å²) in [5, 5.41) is 0. The lowest BCUT2D eigenvalue weighted by Crippen LogP contribution is -2.21. The van der Waals surface area contributed by atoms with Gasteiger partial charge in [0, 0.05) is 0 Å².